The fraction of sp³-hybridized carbons (Fsp3) is 0.0833. The smallest absolute Gasteiger partial charge is 0.310 e. The van der Waals surface area contributed by atoms with Crippen LogP contribution in [-0.2, 0) is 15.1 Å². The summed E-state index contributed by atoms with van der Waals surface area (Å²) in [5.41, 5.74) is 0.618. The van der Waals surface area contributed by atoms with Gasteiger partial charge in [-0.15, -0.1) is 0 Å². The Balaban J connectivity index is 2.59. The molecule has 1 heterocycles. The molecule has 95 valence electrons. The van der Waals surface area contributed by atoms with Gasteiger partial charge >= 0.3 is 10.1 Å². The number of nitrogens with zero attached hydrogens (tertiary/aromatic N) is 1. The highest BCUT2D eigenvalue weighted by molar-refractivity contribution is 7.85. The van der Waals surface area contributed by atoms with Crippen molar-refractivity contribution < 1.29 is 13.0 Å². The lowest BCUT2D eigenvalue weighted by atomic mass is 10.1. The second-order valence-corrected chi connectivity index (χ2v) is 5.81. The topological polar surface area (TPSA) is 59.3 Å². The van der Waals surface area contributed by atoms with Crippen LogP contribution >= 0.6 is 11.6 Å². The number of halogens is 1. The van der Waals surface area contributed by atoms with Crippen LogP contribution < -0.4 is 0 Å². The monoisotopic (exact) mass is 284 g/mol. The molecule has 0 amide bonds. The average molecular weight is 285 g/mol. The number of hydrogen-bond acceptors (Lipinski definition) is 2. The predicted octanol–water partition coefficient (Wildman–Crippen LogP) is 2.51. The first-order chi connectivity index (χ1) is 8.33. The summed E-state index contributed by atoms with van der Waals surface area (Å²) < 4.78 is 32.8. The highest BCUT2D eigenvalue weighted by atomic mass is 35.5. The maximum atomic E-state index is 11.2. The van der Waals surface area contributed by atoms with Gasteiger partial charge in [-0.25, -0.2) is 0 Å². The van der Waals surface area contributed by atoms with E-state index in [0.29, 0.717) is 5.56 Å². The minimum atomic E-state index is -4.34. The zero-order valence-electron chi connectivity index (χ0n) is 9.32. The highest BCUT2D eigenvalue weighted by Gasteiger charge is 2.30. The normalized spacial score (nSPS) is 15.3. The van der Waals surface area contributed by atoms with Crippen LogP contribution in [0.25, 0.3) is 0 Å². The van der Waals surface area contributed by atoms with Gasteiger partial charge in [-0.2, -0.15) is 8.42 Å². The second kappa shape index (κ2) is 4.42. The molecule has 0 aliphatic rings. The number of rotatable bonds is 3. The van der Waals surface area contributed by atoms with Crippen molar-refractivity contribution in [2.24, 2.45) is 0 Å². The average Bonchev–Trinajstić information content (AvgIpc) is 2.79. The van der Waals surface area contributed by atoms with Crippen molar-refractivity contribution in [3.8, 4) is 0 Å². The van der Waals surface area contributed by atoms with Crippen LogP contribution in [-0.4, -0.2) is 17.5 Å². The Morgan fingerprint density at radius 3 is 2.33 bits per heavy atom. The summed E-state index contributed by atoms with van der Waals surface area (Å²) in [6.45, 7) is 3.81. The lowest BCUT2D eigenvalue weighted by Crippen LogP contribution is -2.27. The first kappa shape index (κ1) is 13.1. The van der Waals surface area contributed by atoms with E-state index in [2.05, 4.69) is 6.92 Å². The van der Waals surface area contributed by atoms with Gasteiger partial charge in [-0.1, -0.05) is 41.9 Å². The minimum absolute atomic E-state index is 0.295. The SMILES string of the molecule is [CH2]C(Cl)(c1ccccc1)n1cccc1S(=O)(=O)O. The first-order valence-corrected chi connectivity index (χ1v) is 6.90. The van der Waals surface area contributed by atoms with Gasteiger partial charge < -0.3 is 4.57 Å². The fourth-order valence-corrected chi connectivity index (χ4v) is 2.74. The van der Waals surface area contributed by atoms with E-state index >= 15 is 0 Å². The Kier molecular flexibility index (Phi) is 3.23. The van der Waals surface area contributed by atoms with Crippen molar-refractivity contribution in [3.63, 3.8) is 0 Å². The number of hydrogen-bond donors (Lipinski definition) is 1. The third-order valence-electron chi connectivity index (χ3n) is 2.57. The molecule has 0 aliphatic heterocycles. The number of benzene rings is 1. The Morgan fingerprint density at radius 1 is 1.17 bits per heavy atom. The molecule has 2 rings (SSSR count). The van der Waals surface area contributed by atoms with E-state index < -0.39 is 15.1 Å². The molecule has 0 aliphatic carbocycles. The molecule has 1 unspecified atom stereocenters. The van der Waals surface area contributed by atoms with Crippen molar-refractivity contribution in [1.82, 2.24) is 4.57 Å². The Labute approximate surface area is 111 Å². The molecule has 0 saturated carbocycles. The van der Waals surface area contributed by atoms with Gasteiger partial charge in [0, 0.05) is 6.20 Å². The summed E-state index contributed by atoms with van der Waals surface area (Å²) in [5.74, 6) is 0. The molecule has 2 aromatic rings. The van der Waals surface area contributed by atoms with Crippen molar-refractivity contribution >= 4 is 21.7 Å². The molecule has 0 bridgehead atoms. The quantitative estimate of drug-likeness (QED) is 0.696. The summed E-state index contributed by atoms with van der Waals surface area (Å²) in [5, 5.41) is -0.295. The summed E-state index contributed by atoms with van der Waals surface area (Å²) in [6, 6.07) is 11.6. The standard InChI is InChI=1S/C12H11ClNO3S/c1-12(13,10-6-3-2-4-7-10)14-9-5-8-11(14)18(15,16)17/h2-9H,1H2,(H,15,16,17). The number of alkyl halides is 1. The minimum Gasteiger partial charge on any atom is -0.313 e. The van der Waals surface area contributed by atoms with Crippen LogP contribution in [0.4, 0.5) is 0 Å². The van der Waals surface area contributed by atoms with Crippen molar-refractivity contribution in [2.75, 3.05) is 0 Å². The van der Waals surface area contributed by atoms with Crippen molar-refractivity contribution in [2.45, 2.75) is 10.0 Å². The molecular formula is C12H11ClNO3S. The van der Waals surface area contributed by atoms with Crippen LogP contribution in [0.3, 0.4) is 0 Å². The van der Waals surface area contributed by atoms with Gasteiger partial charge in [-0.3, -0.25) is 4.55 Å². The molecule has 0 spiro atoms. The van der Waals surface area contributed by atoms with Crippen LogP contribution in [0.5, 0.6) is 0 Å². The van der Waals surface area contributed by atoms with E-state index in [-0.39, 0.29) is 5.03 Å². The molecular weight excluding hydrogens is 274 g/mol. The fourth-order valence-electron chi connectivity index (χ4n) is 1.70. The van der Waals surface area contributed by atoms with E-state index in [9.17, 15) is 8.42 Å². The molecule has 0 saturated heterocycles. The van der Waals surface area contributed by atoms with Gasteiger partial charge in [0.2, 0.25) is 0 Å². The second-order valence-electron chi connectivity index (χ2n) is 3.82. The Bertz CT molecular complexity index is 647. The van der Waals surface area contributed by atoms with E-state index in [1.165, 1.54) is 22.9 Å². The lowest BCUT2D eigenvalue weighted by Gasteiger charge is -2.26. The van der Waals surface area contributed by atoms with Gasteiger partial charge in [0.25, 0.3) is 0 Å². The molecule has 18 heavy (non-hydrogen) atoms. The number of aromatic nitrogens is 1. The third kappa shape index (κ3) is 2.29. The maximum Gasteiger partial charge on any atom is 0.310 e. The van der Waals surface area contributed by atoms with Crippen molar-refractivity contribution in [1.29, 1.82) is 0 Å². The molecule has 1 radical (unpaired) electrons. The van der Waals surface area contributed by atoms with Crippen LogP contribution in [0.1, 0.15) is 5.56 Å². The maximum absolute atomic E-state index is 11.2. The summed E-state index contributed by atoms with van der Waals surface area (Å²) in [4.78, 5) is -1.34. The van der Waals surface area contributed by atoms with Crippen molar-refractivity contribution in [3.05, 3.63) is 61.1 Å². The van der Waals surface area contributed by atoms with Crippen LogP contribution in [0, 0.1) is 6.92 Å². The highest BCUT2D eigenvalue weighted by Crippen LogP contribution is 2.32. The molecule has 1 N–H and O–H groups in total. The lowest BCUT2D eigenvalue weighted by molar-refractivity contribution is 0.461. The molecule has 1 aromatic heterocycles. The summed E-state index contributed by atoms with van der Waals surface area (Å²) in [7, 11) is -4.34. The summed E-state index contributed by atoms with van der Waals surface area (Å²) in [6.07, 6.45) is 1.45. The van der Waals surface area contributed by atoms with E-state index in [1.807, 2.05) is 6.07 Å². The molecule has 1 aromatic carbocycles. The Morgan fingerprint density at radius 2 is 1.78 bits per heavy atom. The van der Waals surface area contributed by atoms with Gasteiger partial charge in [0.05, 0.1) is 0 Å². The summed E-state index contributed by atoms with van der Waals surface area (Å²) >= 11 is 6.32. The molecule has 0 fully saturated rings. The van der Waals surface area contributed by atoms with Gasteiger partial charge in [0.15, 0.2) is 5.03 Å². The van der Waals surface area contributed by atoms with Crippen LogP contribution in [0.15, 0.2) is 53.7 Å². The van der Waals surface area contributed by atoms with Crippen LogP contribution in [0.2, 0.25) is 0 Å². The third-order valence-corrected chi connectivity index (χ3v) is 3.84. The Hall–Kier alpha value is -1.30. The van der Waals surface area contributed by atoms with E-state index in [0.717, 1.165) is 0 Å². The first-order valence-electron chi connectivity index (χ1n) is 5.08. The van der Waals surface area contributed by atoms with E-state index in [4.69, 9.17) is 16.2 Å². The zero-order valence-corrected chi connectivity index (χ0v) is 10.9. The largest absolute Gasteiger partial charge is 0.313 e. The van der Waals surface area contributed by atoms with E-state index in [1.54, 1.807) is 24.3 Å². The molecule has 4 nitrogen and oxygen atoms in total. The predicted molar refractivity (Wildman–Crippen MR) is 69.0 cm³/mol. The van der Waals surface area contributed by atoms with Gasteiger partial charge in [0.1, 0.15) is 5.00 Å². The molecule has 6 heteroatoms. The van der Waals surface area contributed by atoms with Gasteiger partial charge in [-0.05, 0) is 24.6 Å². The zero-order chi connectivity index (χ0) is 13.4. The molecule has 1 atom stereocenters.